The zero-order valence-electron chi connectivity index (χ0n) is 11.1. The van der Waals surface area contributed by atoms with Gasteiger partial charge in [-0.15, -0.1) is 0 Å². The lowest BCUT2D eigenvalue weighted by Gasteiger charge is -2.24. The Hall–Kier alpha value is -1.65. The quantitative estimate of drug-likeness (QED) is 0.900. The summed E-state index contributed by atoms with van der Waals surface area (Å²) in [6, 6.07) is 9.42. The molecule has 0 spiro atoms. The van der Waals surface area contributed by atoms with Gasteiger partial charge in [-0.25, -0.2) is 0 Å². The molecule has 0 aliphatic carbocycles. The molecule has 0 aliphatic rings. The average molecular weight is 274 g/mol. The molecule has 1 atom stereocenters. The molecule has 1 heterocycles. The van der Waals surface area contributed by atoms with Crippen LogP contribution in [0.5, 0.6) is 0 Å². The van der Waals surface area contributed by atoms with E-state index in [0.717, 1.165) is 11.1 Å². The summed E-state index contributed by atoms with van der Waals surface area (Å²) < 4.78 is 0. The van der Waals surface area contributed by atoms with Gasteiger partial charge in [0, 0.05) is 6.54 Å². The van der Waals surface area contributed by atoms with Crippen LogP contribution in [-0.4, -0.2) is 5.91 Å². The molecule has 2 aromatic rings. The van der Waals surface area contributed by atoms with Gasteiger partial charge in [0.2, 0.25) is 5.91 Å². The minimum Gasteiger partial charge on any atom is -0.350 e. The molecule has 1 aromatic carbocycles. The van der Waals surface area contributed by atoms with Crippen molar-refractivity contribution < 1.29 is 4.79 Å². The Bertz CT molecular complexity index is 561. The van der Waals surface area contributed by atoms with Gasteiger partial charge in [0.05, 0.1) is 0 Å². The molecule has 0 bridgehead atoms. The van der Waals surface area contributed by atoms with Gasteiger partial charge in [0.15, 0.2) is 0 Å². The lowest BCUT2D eigenvalue weighted by Crippen LogP contribution is -2.48. The number of nitrogens with one attached hydrogen (secondary N) is 1. The Morgan fingerprint density at radius 2 is 2.00 bits per heavy atom. The first-order valence-corrected chi connectivity index (χ1v) is 7.10. The first kappa shape index (κ1) is 13.8. The van der Waals surface area contributed by atoms with Crippen LogP contribution in [0, 0.1) is 6.92 Å². The SMILES string of the molecule is Cc1cscc1CNC(=O)C(C)(N)c1ccccc1. The number of nitrogens with two attached hydrogens (primary N) is 1. The van der Waals surface area contributed by atoms with Crippen molar-refractivity contribution in [1.82, 2.24) is 5.32 Å². The maximum Gasteiger partial charge on any atom is 0.244 e. The van der Waals surface area contributed by atoms with Gasteiger partial charge < -0.3 is 11.1 Å². The van der Waals surface area contributed by atoms with Gasteiger partial charge in [-0.3, -0.25) is 4.79 Å². The summed E-state index contributed by atoms with van der Waals surface area (Å²) in [5.74, 6) is -0.163. The van der Waals surface area contributed by atoms with E-state index in [1.54, 1.807) is 18.3 Å². The van der Waals surface area contributed by atoms with Crippen LogP contribution in [0.4, 0.5) is 0 Å². The molecule has 1 aromatic heterocycles. The van der Waals surface area contributed by atoms with Crippen molar-refractivity contribution in [3.05, 3.63) is 57.8 Å². The fraction of sp³-hybridized carbons (Fsp3) is 0.267. The molecule has 3 nitrogen and oxygen atoms in total. The van der Waals surface area contributed by atoms with Gasteiger partial charge in [0.1, 0.15) is 5.54 Å². The first-order valence-electron chi connectivity index (χ1n) is 6.16. The number of hydrogen-bond donors (Lipinski definition) is 2. The molecular formula is C15H18N2OS. The normalized spacial score (nSPS) is 13.8. The van der Waals surface area contributed by atoms with Crippen LogP contribution in [-0.2, 0) is 16.9 Å². The third-order valence-corrected chi connectivity index (χ3v) is 4.16. The number of carbonyl (C=O) groups excluding carboxylic acids is 1. The smallest absolute Gasteiger partial charge is 0.244 e. The van der Waals surface area contributed by atoms with Crippen LogP contribution in [0.2, 0.25) is 0 Å². The van der Waals surface area contributed by atoms with Crippen LogP contribution >= 0.6 is 11.3 Å². The zero-order valence-corrected chi connectivity index (χ0v) is 12.0. The summed E-state index contributed by atoms with van der Waals surface area (Å²) in [6.45, 7) is 4.29. The molecular weight excluding hydrogens is 256 g/mol. The minimum atomic E-state index is -1.01. The number of thiophene rings is 1. The highest BCUT2D eigenvalue weighted by atomic mass is 32.1. The van der Waals surface area contributed by atoms with Crippen LogP contribution in [0.25, 0.3) is 0 Å². The number of carbonyl (C=O) groups is 1. The first-order chi connectivity index (χ1) is 9.01. The van der Waals surface area contributed by atoms with Crippen LogP contribution in [0.15, 0.2) is 41.1 Å². The number of hydrogen-bond acceptors (Lipinski definition) is 3. The Balaban J connectivity index is 2.05. The van der Waals surface area contributed by atoms with E-state index in [2.05, 4.69) is 10.7 Å². The largest absolute Gasteiger partial charge is 0.350 e. The minimum absolute atomic E-state index is 0.163. The van der Waals surface area contributed by atoms with Crippen molar-refractivity contribution in [2.75, 3.05) is 0 Å². The van der Waals surface area contributed by atoms with E-state index in [0.29, 0.717) is 6.54 Å². The maximum atomic E-state index is 12.2. The standard InChI is InChI=1S/C15H18N2OS/c1-11-9-19-10-12(11)8-17-14(18)15(2,16)13-6-4-3-5-7-13/h3-7,9-10H,8,16H2,1-2H3,(H,17,18). The second-order valence-electron chi connectivity index (χ2n) is 4.83. The third-order valence-electron chi connectivity index (χ3n) is 3.25. The summed E-state index contributed by atoms with van der Waals surface area (Å²) in [5.41, 5.74) is 8.29. The molecule has 3 N–H and O–H groups in total. The van der Waals surface area contributed by atoms with Crippen LogP contribution < -0.4 is 11.1 Å². The van der Waals surface area contributed by atoms with E-state index in [1.165, 1.54) is 5.56 Å². The van der Waals surface area contributed by atoms with Crippen LogP contribution in [0.1, 0.15) is 23.6 Å². The van der Waals surface area contributed by atoms with E-state index in [4.69, 9.17) is 5.73 Å². The summed E-state index contributed by atoms with van der Waals surface area (Å²) in [5, 5.41) is 7.02. The fourth-order valence-electron chi connectivity index (χ4n) is 1.84. The third kappa shape index (κ3) is 3.03. The molecule has 2 rings (SSSR count). The predicted octanol–water partition coefficient (Wildman–Crippen LogP) is 2.55. The fourth-order valence-corrected chi connectivity index (χ4v) is 2.70. The second-order valence-corrected chi connectivity index (χ2v) is 5.57. The van der Waals surface area contributed by atoms with Crippen LogP contribution in [0.3, 0.4) is 0 Å². The van der Waals surface area contributed by atoms with E-state index < -0.39 is 5.54 Å². The van der Waals surface area contributed by atoms with Crippen molar-refractivity contribution >= 4 is 17.2 Å². The van der Waals surface area contributed by atoms with Gasteiger partial charge in [-0.2, -0.15) is 11.3 Å². The van der Waals surface area contributed by atoms with Gasteiger partial charge >= 0.3 is 0 Å². The molecule has 0 aliphatic heterocycles. The Morgan fingerprint density at radius 1 is 1.32 bits per heavy atom. The highest BCUT2D eigenvalue weighted by molar-refractivity contribution is 7.08. The molecule has 1 unspecified atom stereocenters. The maximum absolute atomic E-state index is 12.2. The highest BCUT2D eigenvalue weighted by Crippen LogP contribution is 2.18. The van der Waals surface area contributed by atoms with Gasteiger partial charge in [-0.05, 0) is 41.3 Å². The summed E-state index contributed by atoms with van der Waals surface area (Å²) in [4.78, 5) is 12.2. The molecule has 100 valence electrons. The lowest BCUT2D eigenvalue weighted by atomic mass is 9.92. The number of aryl methyl sites for hydroxylation is 1. The number of rotatable bonds is 4. The zero-order chi connectivity index (χ0) is 13.9. The second kappa shape index (κ2) is 5.55. The monoisotopic (exact) mass is 274 g/mol. The van der Waals surface area contributed by atoms with Crippen molar-refractivity contribution in [1.29, 1.82) is 0 Å². The molecule has 19 heavy (non-hydrogen) atoms. The topological polar surface area (TPSA) is 55.1 Å². The van der Waals surface area contributed by atoms with E-state index in [-0.39, 0.29) is 5.91 Å². The number of amides is 1. The average Bonchev–Trinajstić information content (AvgIpc) is 2.82. The van der Waals surface area contributed by atoms with Crippen molar-refractivity contribution in [3.63, 3.8) is 0 Å². The number of benzene rings is 1. The lowest BCUT2D eigenvalue weighted by molar-refractivity contribution is -0.126. The summed E-state index contributed by atoms with van der Waals surface area (Å²) in [6.07, 6.45) is 0. The molecule has 0 saturated carbocycles. The van der Waals surface area contributed by atoms with Gasteiger partial charge in [-0.1, -0.05) is 30.3 Å². The van der Waals surface area contributed by atoms with E-state index in [9.17, 15) is 4.79 Å². The Morgan fingerprint density at radius 3 is 2.58 bits per heavy atom. The highest BCUT2D eigenvalue weighted by Gasteiger charge is 2.29. The molecule has 0 saturated heterocycles. The Kier molecular flexibility index (Phi) is 4.02. The van der Waals surface area contributed by atoms with E-state index in [1.807, 2.05) is 42.6 Å². The van der Waals surface area contributed by atoms with E-state index >= 15 is 0 Å². The summed E-state index contributed by atoms with van der Waals surface area (Å²) in [7, 11) is 0. The molecule has 0 radical (unpaired) electrons. The molecule has 4 heteroatoms. The molecule has 0 fully saturated rings. The van der Waals surface area contributed by atoms with Crippen molar-refractivity contribution in [2.24, 2.45) is 5.73 Å². The van der Waals surface area contributed by atoms with Gasteiger partial charge in [0.25, 0.3) is 0 Å². The molecule has 1 amide bonds. The summed E-state index contributed by atoms with van der Waals surface area (Å²) >= 11 is 1.64. The van der Waals surface area contributed by atoms with Crippen molar-refractivity contribution in [3.8, 4) is 0 Å². The Labute approximate surface area is 117 Å². The predicted molar refractivity (Wildman–Crippen MR) is 78.9 cm³/mol. The van der Waals surface area contributed by atoms with Crippen molar-refractivity contribution in [2.45, 2.75) is 25.9 Å².